The van der Waals surface area contributed by atoms with Crippen molar-refractivity contribution in [3.8, 4) is 0 Å². The van der Waals surface area contributed by atoms with Gasteiger partial charge in [-0.3, -0.25) is 14.3 Å². The number of benzene rings is 3. The van der Waals surface area contributed by atoms with Crippen molar-refractivity contribution in [2.45, 2.75) is 24.7 Å². The maximum absolute atomic E-state index is 12.8. The minimum atomic E-state index is -3.76. The molecule has 1 aliphatic rings. The van der Waals surface area contributed by atoms with E-state index < -0.39 is 10.0 Å². The summed E-state index contributed by atoms with van der Waals surface area (Å²) in [6.45, 7) is 1.85. The van der Waals surface area contributed by atoms with Crippen LogP contribution in [-0.4, -0.2) is 20.2 Å². The van der Waals surface area contributed by atoms with Crippen molar-refractivity contribution in [2.24, 2.45) is 5.92 Å². The predicted molar refractivity (Wildman–Crippen MR) is 124 cm³/mol. The highest BCUT2D eigenvalue weighted by molar-refractivity contribution is 7.92. The van der Waals surface area contributed by atoms with Crippen molar-refractivity contribution in [1.82, 2.24) is 0 Å². The first-order valence-corrected chi connectivity index (χ1v) is 11.7. The first-order valence-electron chi connectivity index (χ1n) is 10.2. The summed E-state index contributed by atoms with van der Waals surface area (Å²) < 4.78 is 27.6. The fraction of sp³-hybridized carbons (Fsp3) is 0.167. The summed E-state index contributed by atoms with van der Waals surface area (Å²) in [6, 6.07) is 19.6. The van der Waals surface area contributed by atoms with E-state index in [-0.39, 0.29) is 28.3 Å². The second kappa shape index (κ2) is 8.84. The summed E-state index contributed by atoms with van der Waals surface area (Å²) in [5, 5.41) is 5.71. The summed E-state index contributed by atoms with van der Waals surface area (Å²) in [4.78, 5) is 25.0. The summed E-state index contributed by atoms with van der Waals surface area (Å²) in [6.07, 6.45) is 1.82. The lowest BCUT2D eigenvalue weighted by molar-refractivity contribution is -0.117. The fourth-order valence-electron chi connectivity index (χ4n) is 3.16. The van der Waals surface area contributed by atoms with Gasteiger partial charge in [0.2, 0.25) is 5.91 Å². The molecule has 0 bridgehead atoms. The van der Waals surface area contributed by atoms with E-state index in [9.17, 15) is 18.0 Å². The van der Waals surface area contributed by atoms with Gasteiger partial charge in [-0.05, 0) is 67.8 Å². The molecule has 2 amide bonds. The van der Waals surface area contributed by atoms with Crippen LogP contribution in [-0.2, 0) is 14.8 Å². The molecule has 0 heterocycles. The molecule has 7 nitrogen and oxygen atoms in total. The number of amides is 2. The van der Waals surface area contributed by atoms with Crippen molar-refractivity contribution >= 4 is 38.9 Å². The van der Waals surface area contributed by atoms with Crippen LogP contribution in [0, 0.1) is 12.8 Å². The highest BCUT2D eigenvalue weighted by Crippen LogP contribution is 2.31. The van der Waals surface area contributed by atoms with Gasteiger partial charge in [0.1, 0.15) is 0 Å². The number of hydrogen-bond donors (Lipinski definition) is 3. The van der Waals surface area contributed by atoms with Gasteiger partial charge >= 0.3 is 0 Å². The van der Waals surface area contributed by atoms with E-state index in [4.69, 9.17) is 0 Å². The van der Waals surface area contributed by atoms with Crippen LogP contribution < -0.4 is 15.4 Å². The second-order valence-electron chi connectivity index (χ2n) is 7.75. The number of rotatable bonds is 7. The zero-order valence-corrected chi connectivity index (χ0v) is 18.3. The summed E-state index contributed by atoms with van der Waals surface area (Å²) in [5.74, 6) is -0.319. The minimum Gasteiger partial charge on any atom is -0.326 e. The fourth-order valence-corrected chi connectivity index (χ4v) is 4.23. The first kappa shape index (κ1) is 21.6. The van der Waals surface area contributed by atoms with Gasteiger partial charge in [-0.2, -0.15) is 0 Å². The highest BCUT2D eigenvalue weighted by Gasteiger charge is 2.29. The number of hydrogen-bond acceptors (Lipinski definition) is 4. The Hall–Kier alpha value is -3.65. The van der Waals surface area contributed by atoms with Crippen molar-refractivity contribution in [2.75, 3.05) is 15.4 Å². The highest BCUT2D eigenvalue weighted by atomic mass is 32.2. The van der Waals surface area contributed by atoms with Gasteiger partial charge < -0.3 is 10.6 Å². The molecule has 0 saturated heterocycles. The van der Waals surface area contributed by atoms with Crippen molar-refractivity contribution in [3.05, 3.63) is 83.9 Å². The monoisotopic (exact) mass is 449 g/mol. The third-order valence-corrected chi connectivity index (χ3v) is 6.53. The van der Waals surface area contributed by atoms with Crippen LogP contribution in [0.1, 0.15) is 28.8 Å². The zero-order chi connectivity index (χ0) is 22.7. The topological polar surface area (TPSA) is 104 Å². The Balaban J connectivity index is 1.49. The molecule has 0 radical (unpaired) electrons. The van der Waals surface area contributed by atoms with Crippen molar-refractivity contribution in [1.29, 1.82) is 0 Å². The Morgan fingerprint density at radius 3 is 2.31 bits per heavy atom. The summed E-state index contributed by atoms with van der Waals surface area (Å²) in [7, 11) is -3.76. The molecule has 4 rings (SSSR count). The standard InChI is InChI=1S/C24H23N3O4S/c1-16-10-13-19(25-23(28)17-11-12-17)15-22(16)26-24(29)18-6-5-7-20(14-18)27-32(30,31)21-8-3-2-4-9-21/h2-10,13-15,17,27H,11-12H2,1H3,(H,25,28)(H,26,29). The molecule has 32 heavy (non-hydrogen) atoms. The van der Waals surface area contributed by atoms with Crippen LogP contribution in [0.5, 0.6) is 0 Å². The van der Waals surface area contributed by atoms with Crippen LogP contribution in [0.2, 0.25) is 0 Å². The molecule has 0 aromatic heterocycles. The molecule has 3 N–H and O–H groups in total. The van der Waals surface area contributed by atoms with E-state index >= 15 is 0 Å². The number of carbonyl (C=O) groups excluding carboxylic acids is 2. The van der Waals surface area contributed by atoms with Crippen LogP contribution >= 0.6 is 0 Å². The lowest BCUT2D eigenvalue weighted by Gasteiger charge is -2.13. The maximum Gasteiger partial charge on any atom is 0.261 e. The third kappa shape index (κ3) is 5.15. The molecule has 0 aliphatic heterocycles. The molecule has 1 saturated carbocycles. The molecular formula is C24H23N3O4S. The molecule has 0 unspecified atom stereocenters. The summed E-state index contributed by atoms with van der Waals surface area (Å²) in [5.41, 5.74) is 2.60. The lowest BCUT2D eigenvalue weighted by atomic mass is 10.1. The molecule has 1 fully saturated rings. The Labute approximate surface area is 186 Å². The Bertz CT molecular complexity index is 1270. The largest absolute Gasteiger partial charge is 0.326 e. The first-order chi connectivity index (χ1) is 15.3. The Kier molecular flexibility index (Phi) is 5.96. The second-order valence-corrected chi connectivity index (χ2v) is 9.43. The van der Waals surface area contributed by atoms with Crippen molar-refractivity contribution in [3.63, 3.8) is 0 Å². The van der Waals surface area contributed by atoms with Gasteiger partial charge in [0.05, 0.1) is 4.90 Å². The minimum absolute atomic E-state index is 0.00969. The zero-order valence-electron chi connectivity index (χ0n) is 17.5. The van der Waals surface area contributed by atoms with Crippen molar-refractivity contribution < 1.29 is 18.0 Å². The molecule has 3 aromatic rings. The predicted octanol–water partition coefficient (Wildman–Crippen LogP) is 4.40. The number of carbonyl (C=O) groups is 2. The van der Waals surface area contributed by atoms with Gasteiger partial charge in [-0.25, -0.2) is 8.42 Å². The third-order valence-electron chi connectivity index (χ3n) is 5.13. The van der Waals surface area contributed by atoms with E-state index in [1.165, 1.54) is 18.2 Å². The molecule has 0 spiro atoms. The van der Waals surface area contributed by atoms with Gasteiger partial charge in [0, 0.05) is 28.5 Å². The van der Waals surface area contributed by atoms with E-state index in [2.05, 4.69) is 15.4 Å². The average molecular weight is 450 g/mol. The van der Waals surface area contributed by atoms with Gasteiger partial charge in [0.25, 0.3) is 15.9 Å². The number of aryl methyl sites for hydroxylation is 1. The maximum atomic E-state index is 12.8. The molecule has 1 aliphatic carbocycles. The molecule has 164 valence electrons. The van der Waals surface area contributed by atoms with Crippen LogP contribution in [0.25, 0.3) is 0 Å². The molecule has 3 aromatic carbocycles. The SMILES string of the molecule is Cc1ccc(NC(=O)C2CC2)cc1NC(=O)c1cccc(NS(=O)(=O)c2ccccc2)c1. The van der Waals surface area contributed by atoms with Crippen LogP contribution in [0.15, 0.2) is 77.7 Å². The van der Waals surface area contributed by atoms with E-state index in [0.717, 1.165) is 18.4 Å². The quantitative estimate of drug-likeness (QED) is 0.497. The summed E-state index contributed by atoms with van der Waals surface area (Å²) >= 11 is 0. The average Bonchev–Trinajstić information content (AvgIpc) is 3.62. The van der Waals surface area contributed by atoms with Gasteiger partial charge in [-0.15, -0.1) is 0 Å². The number of anilines is 3. The van der Waals surface area contributed by atoms with E-state index in [0.29, 0.717) is 16.9 Å². The van der Waals surface area contributed by atoms with E-state index in [1.807, 2.05) is 13.0 Å². The van der Waals surface area contributed by atoms with Crippen LogP contribution in [0.4, 0.5) is 17.1 Å². The van der Waals surface area contributed by atoms with E-state index in [1.54, 1.807) is 48.5 Å². The number of nitrogens with one attached hydrogen (secondary N) is 3. The van der Waals surface area contributed by atoms with Gasteiger partial charge in [-0.1, -0.05) is 30.3 Å². The molecule has 8 heteroatoms. The molecular weight excluding hydrogens is 426 g/mol. The number of sulfonamides is 1. The van der Waals surface area contributed by atoms with Crippen LogP contribution in [0.3, 0.4) is 0 Å². The van der Waals surface area contributed by atoms with Gasteiger partial charge in [0.15, 0.2) is 0 Å². The normalized spacial score (nSPS) is 13.3. The smallest absolute Gasteiger partial charge is 0.261 e. The Morgan fingerprint density at radius 1 is 0.844 bits per heavy atom. The molecule has 0 atom stereocenters. The lowest BCUT2D eigenvalue weighted by Crippen LogP contribution is -2.16. The Morgan fingerprint density at radius 2 is 1.59 bits per heavy atom.